The van der Waals surface area contributed by atoms with Crippen molar-refractivity contribution in [1.29, 1.82) is 0 Å². The molecule has 0 bridgehead atoms. The second kappa shape index (κ2) is 40.9. The van der Waals surface area contributed by atoms with Crippen LogP contribution in [0.2, 0.25) is 0 Å². The molecule has 2 heteroatoms. The molecule has 0 atom stereocenters. The third-order valence-corrected chi connectivity index (χ3v) is 3.65. The highest BCUT2D eigenvalue weighted by Crippen LogP contribution is 2.09. The Bertz CT molecular complexity index is 328. The monoisotopic (exact) mass is 408 g/mol. The molecule has 0 aromatic heterocycles. The number of unbranched alkanes of at least 4 members (excludes halogenated alkanes) is 11. The maximum absolute atomic E-state index is 10.3. The lowest BCUT2D eigenvalue weighted by Gasteiger charge is -1.99. The van der Waals surface area contributed by atoms with Crippen molar-refractivity contribution >= 4 is 5.97 Å². The Balaban J connectivity index is -0.000000293. The van der Waals surface area contributed by atoms with Crippen LogP contribution in [-0.4, -0.2) is 11.1 Å². The predicted molar refractivity (Wildman–Crippen MR) is 135 cm³/mol. The van der Waals surface area contributed by atoms with Crippen molar-refractivity contribution < 1.29 is 9.90 Å². The van der Waals surface area contributed by atoms with Gasteiger partial charge in [-0.05, 0) is 52.9 Å². The molecule has 0 rings (SSSR count). The number of carboxylic acids is 1. The first kappa shape index (κ1) is 34.9. The summed E-state index contributed by atoms with van der Waals surface area (Å²) in [5.74, 6) is -0.664. The van der Waals surface area contributed by atoms with Crippen LogP contribution in [0.1, 0.15) is 118 Å². The SMILES string of the molecule is C=CC.C=CC.C=CC.CCCCCCCC/C=C\CCCCCCCC(=O)O. The van der Waals surface area contributed by atoms with Gasteiger partial charge in [-0.3, -0.25) is 4.79 Å². The van der Waals surface area contributed by atoms with Crippen molar-refractivity contribution in [2.24, 2.45) is 0 Å². The molecule has 1 N–H and O–H groups in total. The molecule has 0 fully saturated rings. The Morgan fingerprint density at radius 2 is 0.966 bits per heavy atom. The summed E-state index contributed by atoms with van der Waals surface area (Å²) in [5, 5.41) is 8.51. The summed E-state index contributed by atoms with van der Waals surface area (Å²) >= 11 is 0. The van der Waals surface area contributed by atoms with Gasteiger partial charge < -0.3 is 5.11 Å². The molecule has 172 valence electrons. The van der Waals surface area contributed by atoms with E-state index in [1.807, 2.05) is 20.8 Å². The molecule has 0 heterocycles. The number of hydrogen-bond acceptors (Lipinski definition) is 1. The molecule has 0 saturated heterocycles. The first-order chi connectivity index (χ1) is 14.0. The molecule has 0 radical (unpaired) electrons. The van der Waals surface area contributed by atoms with Gasteiger partial charge >= 0.3 is 5.97 Å². The summed E-state index contributed by atoms with van der Waals surface area (Å²) in [5.41, 5.74) is 0. The average Bonchev–Trinajstić information content (AvgIpc) is 2.66. The zero-order valence-electron chi connectivity index (χ0n) is 20.3. The molecule has 0 aromatic rings. The Kier molecular flexibility index (Phi) is 49.3. The third-order valence-electron chi connectivity index (χ3n) is 3.65. The van der Waals surface area contributed by atoms with Crippen molar-refractivity contribution in [3.8, 4) is 0 Å². The van der Waals surface area contributed by atoms with Crippen molar-refractivity contribution in [2.45, 2.75) is 118 Å². The zero-order chi connectivity index (χ0) is 23.0. The third kappa shape index (κ3) is 66.3. The van der Waals surface area contributed by atoms with Crippen molar-refractivity contribution in [2.75, 3.05) is 0 Å². The predicted octanol–water partition coefficient (Wildman–Crippen LogP) is 9.69. The van der Waals surface area contributed by atoms with E-state index in [0.717, 1.165) is 12.8 Å². The minimum atomic E-state index is -0.664. The molecule has 0 aliphatic rings. The Hall–Kier alpha value is -1.57. The molecule has 0 unspecified atom stereocenters. The summed E-state index contributed by atoms with van der Waals surface area (Å²) in [6, 6.07) is 0. The second-order valence-electron chi connectivity index (χ2n) is 6.95. The summed E-state index contributed by atoms with van der Waals surface area (Å²) in [4.78, 5) is 10.3. The fourth-order valence-corrected chi connectivity index (χ4v) is 2.35. The van der Waals surface area contributed by atoms with Crippen molar-refractivity contribution in [3.63, 3.8) is 0 Å². The molecule has 29 heavy (non-hydrogen) atoms. The summed E-state index contributed by atoms with van der Waals surface area (Å²) in [7, 11) is 0. The molecule has 0 aromatic carbocycles. The van der Waals surface area contributed by atoms with Crippen LogP contribution in [0.4, 0.5) is 0 Å². The van der Waals surface area contributed by atoms with E-state index in [1.165, 1.54) is 70.6 Å². The normalized spacial score (nSPS) is 9.10. The van der Waals surface area contributed by atoms with Gasteiger partial charge in [0.25, 0.3) is 0 Å². The quantitative estimate of drug-likeness (QED) is 0.216. The highest BCUT2D eigenvalue weighted by Gasteiger charge is 1.95. The highest BCUT2D eigenvalue weighted by molar-refractivity contribution is 5.66. The van der Waals surface area contributed by atoms with E-state index in [0.29, 0.717) is 6.42 Å². The molecular formula is C27H52O2. The topological polar surface area (TPSA) is 37.3 Å². The van der Waals surface area contributed by atoms with Crippen LogP contribution in [0.15, 0.2) is 50.1 Å². The van der Waals surface area contributed by atoms with Crippen LogP contribution in [0.5, 0.6) is 0 Å². The van der Waals surface area contributed by atoms with E-state index in [1.54, 1.807) is 18.2 Å². The van der Waals surface area contributed by atoms with E-state index in [4.69, 9.17) is 5.11 Å². The van der Waals surface area contributed by atoms with Gasteiger partial charge in [-0.25, -0.2) is 0 Å². The molecule has 0 spiro atoms. The zero-order valence-corrected chi connectivity index (χ0v) is 20.3. The number of hydrogen-bond donors (Lipinski definition) is 1. The van der Waals surface area contributed by atoms with Crippen LogP contribution >= 0.6 is 0 Å². The van der Waals surface area contributed by atoms with Gasteiger partial charge in [0.1, 0.15) is 0 Å². The van der Waals surface area contributed by atoms with Gasteiger partial charge in [-0.15, -0.1) is 19.7 Å². The molecule has 0 aliphatic heterocycles. The average molecular weight is 409 g/mol. The van der Waals surface area contributed by atoms with Crippen LogP contribution < -0.4 is 0 Å². The fourth-order valence-electron chi connectivity index (χ4n) is 2.35. The smallest absolute Gasteiger partial charge is 0.303 e. The lowest BCUT2D eigenvalue weighted by molar-refractivity contribution is -0.137. The number of rotatable bonds is 15. The minimum Gasteiger partial charge on any atom is -0.481 e. The Morgan fingerprint density at radius 3 is 1.31 bits per heavy atom. The van der Waals surface area contributed by atoms with E-state index in [-0.39, 0.29) is 0 Å². The first-order valence-electron chi connectivity index (χ1n) is 11.6. The number of allylic oxidation sites excluding steroid dienone is 5. The van der Waals surface area contributed by atoms with E-state index >= 15 is 0 Å². The van der Waals surface area contributed by atoms with E-state index in [2.05, 4.69) is 38.8 Å². The van der Waals surface area contributed by atoms with Gasteiger partial charge in [0, 0.05) is 6.42 Å². The van der Waals surface area contributed by atoms with Crippen molar-refractivity contribution in [1.82, 2.24) is 0 Å². The van der Waals surface area contributed by atoms with E-state index < -0.39 is 5.97 Å². The molecule has 2 nitrogen and oxygen atoms in total. The lowest BCUT2D eigenvalue weighted by Crippen LogP contribution is -1.93. The van der Waals surface area contributed by atoms with Gasteiger partial charge in [0.05, 0.1) is 0 Å². The number of carboxylic acid groups (broad SMARTS) is 1. The Morgan fingerprint density at radius 1 is 0.655 bits per heavy atom. The van der Waals surface area contributed by atoms with Crippen LogP contribution in [0.25, 0.3) is 0 Å². The number of aliphatic carboxylic acids is 1. The molecule has 0 saturated carbocycles. The summed E-state index contributed by atoms with van der Waals surface area (Å²) < 4.78 is 0. The number of carbonyl (C=O) groups is 1. The molecular weight excluding hydrogens is 356 g/mol. The van der Waals surface area contributed by atoms with Gasteiger partial charge in [-0.2, -0.15) is 0 Å². The lowest BCUT2D eigenvalue weighted by atomic mass is 10.1. The first-order valence-corrected chi connectivity index (χ1v) is 11.6. The fraction of sp³-hybridized carbons (Fsp3) is 0.667. The second-order valence-corrected chi connectivity index (χ2v) is 6.95. The summed E-state index contributed by atoms with van der Waals surface area (Å²) in [6.45, 7) is 18.0. The van der Waals surface area contributed by atoms with Gasteiger partial charge in [0.15, 0.2) is 0 Å². The van der Waals surface area contributed by atoms with Crippen LogP contribution in [0.3, 0.4) is 0 Å². The standard InChI is InChI=1S/C18H34O2.3C3H6/c1-2-3-4-5-6-7-8-9-10-11-12-13-14-15-16-17-18(19)20;3*1-3-2/h9-10H,2-8,11-17H2,1H3,(H,19,20);3*3H,1H2,2H3/b10-9-;;;. The van der Waals surface area contributed by atoms with Gasteiger partial charge in [-0.1, -0.05) is 88.7 Å². The highest BCUT2D eigenvalue weighted by atomic mass is 16.4. The minimum absolute atomic E-state index is 0.332. The van der Waals surface area contributed by atoms with Gasteiger partial charge in [0.2, 0.25) is 0 Å². The maximum atomic E-state index is 10.3. The molecule has 0 aliphatic carbocycles. The maximum Gasteiger partial charge on any atom is 0.303 e. The van der Waals surface area contributed by atoms with Crippen LogP contribution in [-0.2, 0) is 4.79 Å². The largest absolute Gasteiger partial charge is 0.481 e. The van der Waals surface area contributed by atoms with Crippen LogP contribution in [0, 0.1) is 0 Å². The van der Waals surface area contributed by atoms with E-state index in [9.17, 15) is 4.79 Å². The molecule has 0 amide bonds. The Labute approximate surface area is 183 Å². The van der Waals surface area contributed by atoms with Crippen molar-refractivity contribution in [3.05, 3.63) is 50.1 Å². The summed E-state index contributed by atoms with van der Waals surface area (Å²) in [6.07, 6.45) is 26.5.